The fraction of sp³-hybridized carbons (Fsp3) is 0.500. The Kier molecular flexibility index (Phi) is 3.52. The van der Waals surface area contributed by atoms with Gasteiger partial charge in [0.05, 0.1) is 15.6 Å². The number of nitrogens with zero attached hydrogens (tertiary/aromatic N) is 2. The molecule has 0 aromatic heterocycles. The van der Waals surface area contributed by atoms with Gasteiger partial charge in [0.15, 0.2) is 0 Å². The molecule has 0 unspecified atom stereocenters. The predicted molar refractivity (Wildman–Crippen MR) is 68.8 cm³/mol. The summed E-state index contributed by atoms with van der Waals surface area (Å²) in [6.07, 6.45) is 4.84. The number of anilines is 1. The zero-order chi connectivity index (χ0) is 12.4. The lowest BCUT2D eigenvalue weighted by atomic mass is 10.2. The van der Waals surface area contributed by atoms with Crippen LogP contribution in [-0.4, -0.2) is 18.0 Å². The van der Waals surface area contributed by atoms with Crippen molar-refractivity contribution >= 4 is 23.0 Å². The highest BCUT2D eigenvalue weighted by Gasteiger charge is 2.22. The molecule has 1 saturated carbocycles. The van der Waals surface area contributed by atoms with E-state index in [4.69, 9.17) is 11.6 Å². The fourth-order valence-electron chi connectivity index (χ4n) is 2.38. The van der Waals surface area contributed by atoms with E-state index in [0.29, 0.717) is 11.1 Å². The molecule has 1 fully saturated rings. The van der Waals surface area contributed by atoms with Crippen LogP contribution in [0.5, 0.6) is 0 Å². The van der Waals surface area contributed by atoms with Gasteiger partial charge in [-0.3, -0.25) is 10.1 Å². The van der Waals surface area contributed by atoms with E-state index in [-0.39, 0.29) is 5.69 Å². The minimum absolute atomic E-state index is 0.0403. The van der Waals surface area contributed by atoms with Crippen LogP contribution in [0.1, 0.15) is 25.7 Å². The van der Waals surface area contributed by atoms with Crippen molar-refractivity contribution in [3.05, 3.63) is 33.3 Å². The molecule has 1 aliphatic carbocycles. The van der Waals surface area contributed by atoms with Crippen molar-refractivity contribution in [1.29, 1.82) is 0 Å². The summed E-state index contributed by atoms with van der Waals surface area (Å²) >= 11 is 6.10. The molecule has 0 amide bonds. The van der Waals surface area contributed by atoms with Gasteiger partial charge < -0.3 is 4.90 Å². The molecule has 0 N–H and O–H groups in total. The molecule has 1 aliphatic rings. The van der Waals surface area contributed by atoms with Crippen molar-refractivity contribution in [2.45, 2.75) is 31.7 Å². The smallest absolute Gasteiger partial charge is 0.271 e. The van der Waals surface area contributed by atoms with Crippen LogP contribution in [0.4, 0.5) is 11.4 Å². The molecule has 92 valence electrons. The summed E-state index contributed by atoms with van der Waals surface area (Å²) in [6, 6.07) is 5.17. The third-order valence-corrected chi connectivity index (χ3v) is 3.70. The topological polar surface area (TPSA) is 46.4 Å². The second-order valence-corrected chi connectivity index (χ2v) is 4.85. The molecule has 17 heavy (non-hydrogen) atoms. The average molecular weight is 255 g/mol. The third-order valence-electron chi connectivity index (χ3n) is 3.39. The first-order valence-corrected chi connectivity index (χ1v) is 6.14. The Morgan fingerprint density at radius 1 is 1.41 bits per heavy atom. The molecule has 0 heterocycles. The van der Waals surface area contributed by atoms with Crippen molar-refractivity contribution < 1.29 is 4.92 Å². The highest BCUT2D eigenvalue weighted by atomic mass is 35.5. The van der Waals surface area contributed by atoms with Gasteiger partial charge in [0, 0.05) is 25.2 Å². The highest BCUT2D eigenvalue weighted by molar-refractivity contribution is 6.33. The first-order valence-electron chi connectivity index (χ1n) is 5.76. The molecule has 5 heteroatoms. The van der Waals surface area contributed by atoms with E-state index in [9.17, 15) is 10.1 Å². The normalized spacial score (nSPS) is 16.1. The van der Waals surface area contributed by atoms with Crippen molar-refractivity contribution in [2.24, 2.45) is 0 Å². The van der Waals surface area contributed by atoms with Crippen LogP contribution >= 0.6 is 11.6 Å². The SMILES string of the molecule is CN(c1ccc([N+](=O)[O-])cc1Cl)C1CCCC1. The summed E-state index contributed by atoms with van der Waals surface area (Å²) in [5, 5.41) is 11.1. The Hall–Kier alpha value is -1.29. The molecule has 0 spiro atoms. The average Bonchev–Trinajstić information content (AvgIpc) is 2.81. The Bertz CT molecular complexity index is 431. The van der Waals surface area contributed by atoms with Crippen molar-refractivity contribution in [2.75, 3.05) is 11.9 Å². The number of nitro groups is 1. The Balaban J connectivity index is 2.23. The van der Waals surface area contributed by atoms with Crippen LogP contribution in [0, 0.1) is 10.1 Å². The predicted octanol–water partition coefficient (Wildman–Crippen LogP) is 3.63. The zero-order valence-electron chi connectivity index (χ0n) is 9.73. The van der Waals surface area contributed by atoms with E-state index in [1.54, 1.807) is 6.07 Å². The molecule has 2 rings (SSSR count). The monoisotopic (exact) mass is 254 g/mol. The van der Waals surface area contributed by atoms with E-state index in [1.165, 1.54) is 37.8 Å². The largest absolute Gasteiger partial charge is 0.370 e. The Morgan fingerprint density at radius 3 is 2.59 bits per heavy atom. The first kappa shape index (κ1) is 12.2. The van der Waals surface area contributed by atoms with Gasteiger partial charge in [0.1, 0.15) is 0 Å². The Morgan fingerprint density at radius 2 is 2.06 bits per heavy atom. The maximum Gasteiger partial charge on any atom is 0.271 e. The van der Waals surface area contributed by atoms with Gasteiger partial charge in [-0.1, -0.05) is 24.4 Å². The van der Waals surface area contributed by atoms with Gasteiger partial charge in [-0.25, -0.2) is 0 Å². The van der Waals surface area contributed by atoms with Gasteiger partial charge in [0.2, 0.25) is 0 Å². The lowest BCUT2D eigenvalue weighted by Gasteiger charge is -2.27. The zero-order valence-corrected chi connectivity index (χ0v) is 10.5. The van der Waals surface area contributed by atoms with Gasteiger partial charge >= 0.3 is 0 Å². The lowest BCUT2D eigenvalue weighted by molar-refractivity contribution is -0.384. The summed E-state index contributed by atoms with van der Waals surface area (Å²) in [6.45, 7) is 0. The molecule has 1 aromatic rings. The van der Waals surface area contributed by atoms with Gasteiger partial charge in [-0.05, 0) is 18.9 Å². The minimum atomic E-state index is -0.425. The van der Waals surface area contributed by atoms with Crippen LogP contribution in [0.25, 0.3) is 0 Å². The standard InChI is InChI=1S/C12H15ClN2O2/c1-14(9-4-2-3-5-9)12-7-6-10(15(16)17)8-11(12)13/h6-9H,2-5H2,1H3. The molecular weight excluding hydrogens is 240 g/mol. The molecule has 0 radical (unpaired) electrons. The van der Waals surface area contributed by atoms with E-state index >= 15 is 0 Å². The summed E-state index contributed by atoms with van der Waals surface area (Å²) in [7, 11) is 2.00. The van der Waals surface area contributed by atoms with Crippen LogP contribution in [0.2, 0.25) is 5.02 Å². The van der Waals surface area contributed by atoms with Gasteiger partial charge in [-0.2, -0.15) is 0 Å². The quantitative estimate of drug-likeness (QED) is 0.611. The molecule has 0 atom stereocenters. The number of nitro benzene ring substituents is 1. The highest BCUT2D eigenvalue weighted by Crippen LogP contribution is 2.33. The van der Waals surface area contributed by atoms with Crippen LogP contribution in [0.15, 0.2) is 18.2 Å². The van der Waals surface area contributed by atoms with E-state index in [2.05, 4.69) is 4.90 Å². The number of benzene rings is 1. The molecule has 0 saturated heterocycles. The maximum atomic E-state index is 10.6. The molecule has 0 aliphatic heterocycles. The summed E-state index contributed by atoms with van der Waals surface area (Å²) in [5.41, 5.74) is 0.919. The number of non-ortho nitro benzene ring substituents is 1. The van der Waals surface area contributed by atoms with E-state index < -0.39 is 4.92 Å². The Labute approximate surface area is 105 Å². The van der Waals surface area contributed by atoms with Gasteiger partial charge in [0.25, 0.3) is 5.69 Å². The lowest BCUT2D eigenvalue weighted by Crippen LogP contribution is -2.28. The molecule has 1 aromatic carbocycles. The van der Waals surface area contributed by atoms with Crippen molar-refractivity contribution in [3.63, 3.8) is 0 Å². The summed E-state index contributed by atoms with van der Waals surface area (Å²) in [4.78, 5) is 12.3. The molecule has 4 nitrogen and oxygen atoms in total. The van der Waals surface area contributed by atoms with Crippen molar-refractivity contribution in [3.8, 4) is 0 Å². The van der Waals surface area contributed by atoms with Crippen LogP contribution in [0.3, 0.4) is 0 Å². The second kappa shape index (κ2) is 4.92. The van der Waals surface area contributed by atoms with E-state index in [1.807, 2.05) is 7.05 Å². The first-order chi connectivity index (χ1) is 8.09. The fourth-order valence-corrected chi connectivity index (χ4v) is 2.69. The molecular formula is C12H15ClN2O2. The number of hydrogen-bond acceptors (Lipinski definition) is 3. The van der Waals surface area contributed by atoms with Crippen LogP contribution in [-0.2, 0) is 0 Å². The maximum absolute atomic E-state index is 10.6. The number of hydrogen-bond donors (Lipinski definition) is 0. The van der Waals surface area contributed by atoms with E-state index in [0.717, 1.165) is 5.69 Å². The number of halogens is 1. The molecule has 0 bridgehead atoms. The third kappa shape index (κ3) is 2.52. The second-order valence-electron chi connectivity index (χ2n) is 4.44. The van der Waals surface area contributed by atoms with Crippen molar-refractivity contribution in [1.82, 2.24) is 0 Å². The summed E-state index contributed by atoms with van der Waals surface area (Å²) < 4.78 is 0. The summed E-state index contributed by atoms with van der Waals surface area (Å²) in [5.74, 6) is 0. The van der Waals surface area contributed by atoms with Gasteiger partial charge in [-0.15, -0.1) is 0 Å². The number of rotatable bonds is 3. The van der Waals surface area contributed by atoms with Crippen LogP contribution < -0.4 is 4.90 Å². The minimum Gasteiger partial charge on any atom is -0.370 e.